The molecule has 1 aromatic rings. The van der Waals surface area contributed by atoms with Crippen LogP contribution in [0, 0.1) is 5.82 Å². The van der Waals surface area contributed by atoms with Crippen LogP contribution in [0.2, 0.25) is 0 Å². The van der Waals surface area contributed by atoms with Crippen LogP contribution in [0.15, 0.2) is 24.3 Å². The highest BCUT2D eigenvalue weighted by atomic mass is 35.5. The molecule has 1 atom stereocenters. The Balaban J connectivity index is 0.00000484. The van der Waals surface area contributed by atoms with E-state index in [9.17, 15) is 4.39 Å². The van der Waals surface area contributed by atoms with Crippen LogP contribution in [-0.2, 0) is 16.6 Å². The van der Waals surface area contributed by atoms with Crippen molar-refractivity contribution in [3.63, 3.8) is 0 Å². The smallest absolute Gasteiger partial charge is 0.133 e. The van der Waals surface area contributed by atoms with Gasteiger partial charge in [-0.25, -0.2) is 4.39 Å². The monoisotopic (exact) mass is 360 g/mol. The fraction of sp³-hybridized carbons (Fsp3) is 0.700. The van der Waals surface area contributed by atoms with Crippen LogP contribution in [0.1, 0.15) is 76.7 Å². The quantitative estimate of drug-likeness (QED) is 0.373. The lowest BCUT2D eigenvalue weighted by Crippen LogP contribution is -3.00. The van der Waals surface area contributed by atoms with Gasteiger partial charge in [-0.3, -0.25) is 0 Å². The number of halogens is 2. The molecule has 0 aliphatic rings. The molecule has 0 bridgehead atoms. The Labute approximate surface area is 152 Å². The third kappa shape index (κ3) is 12.8. The van der Waals surface area contributed by atoms with Crippen molar-refractivity contribution in [2.75, 3.05) is 12.0 Å². The first-order valence-electron chi connectivity index (χ1n) is 9.06. The van der Waals surface area contributed by atoms with Gasteiger partial charge in [-0.1, -0.05) is 70.4 Å². The third-order valence-electron chi connectivity index (χ3n) is 4.15. The topological polar surface area (TPSA) is 0 Å². The lowest BCUT2D eigenvalue weighted by Gasteiger charge is -2.05. The molecule has 0 aromatic heterocycles. The van der Waals surface area contributed by atoms with Crippen LogP contribution in [0.5, 0.6) is 0 Å². The Morgan fingerprint density at radius 2 is 1.43 bits per heavy atom. The highest BCUT2D eigenvalue weighted by Crippen LogP contribution is 2.13. The van der Waals surface area contributed by atoms with E-state index < -0.39 is 0 Å². The molecule has 1 aromatic carbocycles. The number of benzene rings is 1. The van der Waals surface area contributed by atoms with Crippen LogP contribution in [0.25, 0.3) is 0 Å². The van der Waals surface area contributed by atoms with E-state index in [1.807, 2.05) is 12.1 Å². The molecule has 1 rings (SSSR count). The predicted molar refractivity (Wildman–Crippen MR) is 100 cm³/mol. The largest absolute Gasteiger partial charge is 1.00 e. The van der Waals surface area contributed by atoms with Gasteiger partial charge < -0.3 is 12.4 Å². The molecule has 0 fully saturated rings. The fourth-order valence-corrected chi connectivity index (χ4v) is 4.41. The number of rotatable bonds is 13. The first kappa shape index (κ1) is 22.8. The molecule has 134 valence electrons. The molecule has 23 heavy (non-hydrogen) atoms. The predicted octanol–water partition coefficient (Wildman–Crippen LogP) is 3.50. The van der Waals surface area contributed by atoms with E-state index in [2.05, 4.69) is 13.2 Å². The Morgan fingerprint density at radius 3 is 2.00 bits per heavy atom. The summed E-state index contributed by atoms with van der Waals surface area (Å²) in [7, 11) is 0.391. The lowest BCUT2D eigenvalue weighted by molar-refractivity contribution is -0.00000548. The van der Waals surface area contributed by atoms with Crippen molar-refractivity contribution in [1.29, 1.82) is 0 Å². The Hall–Kier alpha value is -0.210. The zero-order valence-corrected chi connectivity index (χ0v) is 16.5. The molecule has 0 heterocycles. The molecule has 0 spiro atoms. The number of hydrogen-bond acceptors (Lipinski definition) is 0. The maximum atomic E-state index is 13.1. The Kier molecular flexibility index (Phi) is 15.2. The molecule has 0 N–H and O–H groups in total. The van der Waals surface area contributed by atoms with Gasteiger partial charge in [0.05, 0.1) is 6.26 Å². The standard InChI is InChI=1S/C20H34FS.ClH/c1-3-4-5-6-7-8-9-10-11-12-16-22(2)18-19-14-13-15-20(21)17-19;/h13-15,17H,3-12,16,18H2,1-2H3;1H/q+1;/p-1. The van der Waals surface area contributed by atoms with Gasteiger partial charge in [0, 0.05) is 5.56 Å². The van der Waals surface area contributed by atoms with Crippen molar-refractivity contribution in [3.8, 4) is 0 Å². The summed E-state index contributed by atoms with van der Waals surface area (Å²) in [6.45, 7) is 2.27. The van der Waals surface area contributed by atoms with Gasteiger partial charge in [-0.2, -0.15) is 0 Å². The van der Waals surface area contributed by atoms with Gasteiger partial charge in [0.2, 0.25) is 0 Å². The van der Waals surface area contributed by atoms with Crippen molar-refractivity contribution in [1.82, 2.24) is 0 Å². The summed E-state index contributed by atoms with van der Waals surface area (Å²) in [6, 6.07) is 7.08. The van der Waals surface area contributed by atoms with E-state index in [-0.39, 0.29) is 18.2 Å². The summed E-state index contributed by atoms with van der Waals surface area (Å²) < 4.78 is 13.1. The molecule has 3 heteroatoms. The van der Waals surface area contributed by atoms with Gasteiger partial charge >= 0.3 is 0 Å². The molecule has 0 aliphatic heterocycles. The molecule has 1 unspecified atom stereocenters. The van der Waals surface area contributed by atoms with E-state index >= 15 is 0 Å². The first-order chi connectivity index (χ1) is 10.7. The number of hydrogen-bond donors (Lipinski definition) is 0. The minimum absolute atomic E-state index is 0. The van der Waals surface area contributed by atoms with Crippen molar-refractivity contribution >= 4 is 10.9 Å². The van der Waals surface area contributed by atoms with Crippen molar-refractivity contribution < 1.29 is 16.8 Å². The molecular formula is C20H34ClFS. The van der Waals surface area contributed by atoms with Crippen molar-refractivity contribution in [2.24, 2.45) is 0 Å². The van der Waals surface area contributed by atoms with Gasteiger partial charge in [0.15, 0.2) is 0 Å². The van der Waals surface area contributed by atoms with Gasteiger partial charge in [-0.05, 0) is 35.9 Å². The number of unbranched alkanes of at least 4 members (excludes halogenated alkanes) is 9. The minimum Gasteiger partial charge on any atom is -1.00 e. The lowest BCUT2D eigenvalue weighted by atomic mass is 10.1. The Morgan fingerprint density at radius 1 is 0.870 bits per heavy atom. The first-order valence-corrected chi connectivity index (χ1v) is 11.0. The molecule has 0 radical (unpaired) electrons. The summed E-state index contributed by atoms with van der Waals surface area (Å²) in [4.78, 5) is 0. The summed E-state index contributed by atoms with van der Waals surface area (Å²) in [5.74, 6) is 2.23. The SMILES string of the molecule is CCCCCCCCCCCC[S+](C)Cc1cccc(F)c1.[Cl-]. The fourth-order valence-electron chi connectivity index (χ4n) is 2.82. The van der Waals surface area contributed by atoms with Crippen molar-refractivity contribution in [2.45, 2.75) is 76.9 Å². The van der Waals surface area contributed by atoms with Crippen LogP contribution in [0.3, 0.4) is 0 Å². The molecule has 0 aliphatic carbocycles. The molecule has 0 saturated carbocycles. The maximum Gasteiger partial charge on any atom is 0.133 e. The molecular weight excluding hydrogens is 327 g/mol. The van der Waals surface area contributed by atoms with E-state index in [1.165, 1.54) is 76.0 Å². The van der Waals surface area contributed by atoms with Crippen molar-refractivity contribution in [3.05, 3.63) is 35.6 Å². The van der Waals surface area contributed by atoms with Crippen LogP contribution in [-0.4, -0.2) is 12.0 Å². The highest BCUT2D eigenvalue weighted by Gasteiger charge is 2.11. The maximum absolute atomic E-state index is 13.1. The van der Waals surface area contributed by atoms with E-state index in [0.717, 1.165) is 11.3 Å². The minimum atomic E-state index is -0.103. The normalized spacial score (nSPS) is 12.0. The van der Waals surface area contributed by atoms with E-state index in [0.29, 0.717) is 10.9 Å². The average molecular weight is 361 g/mol. The zero-order chi connectivity index (χ0) is 16.0. The van der Waals surface area contributed by atoms with Crippen LogP contribution < -0.4 is 12.4 Å². The van der Waals surface area contributed by atoms with Gasteiger partial charge in [0.1, 0.15) is 17.3 Å². The summed E-state index contributed by atoms with van der Waals surface area (Å²) in [5, 5.41) is 0. The third-order valence-corrected chi connectivity index (χ3v) is 5.96. The molecule has 0 nitrogen and oxygen atoms in total. The van der Waals surface area contributed by atoms with Gasteiger partial charge in [-0.15, -0.1) is 0 Å². The summed E-state index contributed by atoms with van der Waals surface area (Å²) >= 11 is 0. The molecule has 0 amide bonds. The second-order valence-electron chi connectivity index (χ2n) is 6.44. The summed E-state index contributed by atoms with van der Waals surface area (Å²) in [6.07, 6.45) is 16.3. The summed E-state index contributed by atoms with van der Waals surface area (Å²) in [5.41, 5.74) is 1.15. The Bertz CT molecular complexity index is 384. The van der Waals surface area contributed by atoms with Crippen LogP contribution >= 0.6 is 0 Å². The average Bonchev–Trinajstić information content (AvgIpc) is 2.49. The zero-order valence-electron chi connectivity index (χ0n) is 15.0. The van der Waals surface area contributed by atoms with E-state index in [4.69, 9.17) is 0 Å². The highest BCUT2D eigenvalue weighted by molar-refractivity contribution is 7.95. The van der Waals surface area contributed by atoms with Gasteiger partial charge in [0.25, 0.3) is 0 Å². The second kappa shape index (κ2) is 15.3. The second-order valence-corrected chi connectivity index (χ2v) is 8.70. The molecule has 0 saturated heterocycles. The van der Waals surface area contributed by atoms with E-state index in [1.54, 1.807) is 6.07 Å². The van der Waals surface area contributed by atoms with Crippen LogP contribution in [0.4, 0.5) is 4.39 Å².